The first-order valence-corrected chi connectivity index (χ1v) is 12.4. The minimum Gasteiger partial charge on any atom is -0.465 e. The summed E-state index contributed by atoms with van der Waals surface area (Å²) >= 11 is 0. The van der Waals surface area contributed by atoms with Crippen LogP contribution in [0.15, 0.2) is 70.5 Å². The largest absolute Gasteiger partial charge is 0.465 e. The van der Waals surface area contributed by atoms with Gasteiger partial charge >= 0.3 is 5.97 Å². The number of aryl methyl sites for hydroxylation is 1. The monoisotopic (exact) mass is 451 g/mol. The van der Waals surface area contributed by atoms with Gasteiger partial charge in [0, 0.05) is 27.3 Å². The quantitative estimate of drug-likeness (QED) is 0.611. The van der Waals surface area contributed by atoms with Crippen molar-refractivity contribution < 1.29 is 18.5 Å². The number of rotatable bonds is 7. The molecule has 168 valence electrons. The van der Waals surface area contributed by atoms with Gasteiger partial charge in [0.15, 0.2) is 0 Å². The number of esters is 1. The molecule has 1 N–H and O–H groups in total. The van der Waals surface area contributed by atoms with Gasteiger partial charge in [-0.1, -0.05) is 61.7 Å². The Hall–Kier alpha value is -2.73. The molecule has 6 heteroatoms. The van der Waals surface area contributed by atoms with E-state index in [9.17, 15) is 13.8 Å². The third kappa shape index (κ3) is 4.56. The zero-order chi connectivity index (χ0) is 22.7. The van der Waals surface area contributed by atoms with Crippen LogP contribution in [0.3, 0.4) is 0 Å². The normalized spacial score (nSPS) is 25.4. The van der Waals surface area contributed by atoms with E-state index >= 15 is 0 Å². The lowest BCUT2D eigenvalue weighted by atomic mass is 9.69. The summed E-state index contributed by atoms with van der Waals surface area (Å²) in [5.41, 5.74) is 1.78. The van der Waals surface area contributed by atoms with Crippen molar-refractivity contribution in [3.05, 3.63) is 71.1 Å². The van der Waals surface area contributed by atoms with Crippen LogP contribution in [0, 0.1) is 30.6 Å². The molecule has 32 heavy (non-hydrogen) atoms. The van der Waals surface area contributed by atoms with Crippen LogP contribution in [0.25, 0.3) is 0 Å². The summed E-state index contributed by atoms with van der Waals surface area (Å²) in [6.45, 7) is 4.31. The summed E-state index contributed by atoms with van der Waals surface area (Å²) < 4.78 is 19.0. The van der Waals surface area contributed by atoms with E-state index in [1.54, 1.807) is 0 Å². The molecule has 1 saturated heterocycles. The van der Waals surface area contributed by atoms with Gasteiger partial charge in [-0.3, -0.25) is 9.59 Å². The average molecular weight is 452 g/mol. The lowest BCUT2D eigenvalue weighted by Gasteiger charge is -2.36. The van der Waals surface area contributed by atoms with Gasteiger partial charge in [0.2, 0.25) is 5.91 Å². The van der Waals surface area contributed by atoms with E-state index in [1.807, 2.05) is 67.6 Å². The highest BCUT2D eigenvalue weighted by Crippen LogP contribution is 2.46. The second-order valence-corrected chi connectivity index (χ2v) is 10.1. The van der Waals surface area contributed by atoms with E-state index in [2.05, 4.69) is 12.2 Å². The minimum atomic E-state index is -1.40. The highest BCUT2D eigenvalue weighted by molar-refractivity contribution is 7.89. The Bertz CT molecular complexity index is 1030. The molecule has 1 fully saturated rings. The Labute approximate surface area is 191 Å². The fraction of sp³-hybridized carbons (Fsp3) is 0.385. The minimum absolute atomic E-state index is 0.211. The van der Waals surface area contributed by atoms with Gasteiger partial charge in [-0.2, -0.15) is 0 Å². The van der Waals surface area contributed by atoms with Crippen molar-refractivity contribution in [2.45, 2.75) is 38.0 Å². The number of hydrogen-bond acceptors (Lipinski definition) is 4. The number of amides is 1. The molecular formula is C26H29NO4S. The van der Waals surface area contributed by atoms with Crippen LogP contribution in [0.2, 0.25) is 0 Å². The van der Waals surface area contributed by atoms with E-state index < -0.39 is 22.6 Å². The second kappa shape index (κ2) is 9.82. The average Bonchev–Trinajstić information content (AvgIpc) is 3.17. The molecule has 1 unspecified atom stereocenters. The number of benzene rings is 2. The lowest BCUT2D eigenvalue weighted by Crippen LogP contribution is -2.43. The maximum Gasteiger partial charge on any atom is 0.310 e. The molecule has 0 radical (unpaired) electrons. The van der Waals surface area contributed by atoms with Crippen LogP contribution in [-0.4, -0.2) is 22.7 Å². The maximum atomic E-state index is 13.7. The van der Waals surface area contributed by atoms with E-state index in [1.165, 1.54) is 0 Å². The summed E-state index contributed by atoms with van der Waals surface area (Å²) in [6.07, 6.45) is 4.49. The van der Waals surface area contributed by atoms with Crippen LogP contribution in [0.1, 0.15) is 31.7 Å². The number of anilines is 1. The Morgan fingerprint density at radius 2 is 1.84 bits per heavy atom. The third-order valence-corrected chi connectivity index (χ3v) is 7.94. The van der Waals surface area contributed by atoms with Crippen LogP contribution >= 0.6 is 0 Å². The van der Waals surface area contributed by atoms with E-state index in [4.69, 9.17) is 4.74 Å². The van der Waals surface area contributed by atoms with E-state index in [0.717, 1.165) is 23.3 Å². The molecule has 1 aliphatic heterocycles. The van der Waals surface area contributed by atoms with Crippen LogP contribution in [0.5, 0.6) is 0 Å². The number of carbonyl (C=O) groups is 2. The number of ether oxygens (including phenoxy) is 1. The fourth-order valence-corrected chi connectivity index (χ4v) is 6.21. The van der Waals surface area contributed by atoms with Crippen molar-refractivity contribution in [2.75, 3.05) is 11.9 Å². The highest BCUT2D eigenvalue weighted by Gasteiger charge is 2.52. The molecule has 1 heterocycles. The van der Waals surface area contributed by atoms with Crippen molar-refractivity contribution in [1.29, 1.82) is 0 Å². The Kier molecular flexibility index (Phi) is 6.89. The molecular weight excluding hydrogens is 422 g/mol. The van der Waals surface area contributed by atoms with E-state index in [-0.39, 0.29) is 30.3 Å². The molecule has 1 amide bonds. The first-order valence-electron chi connectivity index (χ1n) is 11.2. The van der Waals surface area contributed by atoms with Crippen LogP contribution < -0.4 is 5.32 Å². The molecule has 2 aromatic rings. The smallest absolute Gasteiger partial charge is 0.310 e. The predicted molar refractivity (Wildman–Crippen MR) is 125 cm³/mol. The molecule has 0 saturated carbocycles. The summed E-state index contributed by atoms with van der Waals surface area (Å²) in [6, 6.07) is 16.9. The van der Waals surface area contributed by atoms with Crippen molar-refractivity contribution in [3.8, 4) is 0 Å². The van der Waals surface area contributed by atoms with Crippen molar-refractivity contribution in [3.63, 3.8) is 0 Å². The van der Waals surface area contributed by atoms with Gasteiger partial charge in [-0.15, -0.1) is 0 Å². The Balaban J connectivity index is 1.73. The van der Waals surface area contributed by atoms with Gasteiger partial charge in [0.05, 0.1) is 29.2 Å². The molecule has 2 aliphatic rings. The molecule has 0 bridgehead atoms. The third-order valence-electron chi connectivity index (χ3n) is 6.38. The maximum absolute atomic E-state index is 13.7. The second-order valence-electron chi connectivity index (χ2n) is 8.60. The van der Waals surface area contributed by atoms with Gasteiger partial charge in [-0.25, -0.2) is 4.21 Å². The standard InChI is InChI=1S/C26H29NO4S/c1-3-4-10-21-22(32(30)20-13-11-17(2)12-14-20)15-18-16-31-26(29)23(18)24(21)25(28)27-19-8-6-5-7-9-19/h5-9,11-15,18,21,23-24H,3-4,10,16H2,1-2H3,(H,27,28)/t18-,21-,23+,24-,32?/m0/s1. The molecule has 0 spiro atoms. The molecule has 5 atom stereocenters. The number of fused-ring (bicyclic) bond motifs is 1. The summed E-state index contributed by atoms with van der Waals surface area (Å²) in [5.74, 6) is -2.22. The van der Waals surface area contributed by atoms with E-state index in [0.29, 0.717) is 17.0 Å². The SMILES string of the molecule is CCCC[C@H]1C(S(=O)c2ccc(C)cc2)=C[C@H]2COC(=O)[C@H]2[C@H]1C(=O)Nc1ccccc1. The number of carbonyl (C=O) groups excluding carboxylic acids is 2. The number of hydrogen-bond donors (Lipinski definition) is 1. The van der Waals surface area contributed by atoms with Crippen molar-refractivity contribution in [1.82, 2.24) is 0 Å². The number of cyclic esters (lactones) is 1. The molecule has 4 rings (SSSR count). The van der Waals surface area contributed by atoms with Crippen LogP contribution in [0.4, 0.5) is 5.69 Å². The van der Waals surface area contributed by atoms with Crippen molar-refractivity contribution >= 4 is 28.4 Å². The van der Waals surface area contributed by atoms with Crippen molar-refractivity contribution in [2.24, 2.45) is 23.7 Å². The van der Waals surface area contributed by atoms with Gasteiger partial charge in [0.1, 0.15) is 0 Å². The Morgan fingerprint density at radius 3 is 2.53 bits per heavy atom. The number of allylic oxidation sites excluding steroid dienone is 1. The number of para-hydroxylation sites is 1. The first kappa shape index (κ1) is 22.5. The molecule has 2 aromatic carbocycles. The topological polar surface area (TPSA) is 72.5 Å². The van der Waals surface area contributed by atoms with Gasteiger partial charge in [-0.05, 0) is 37.6 Å². The Morgan fingerprint density at radius 1 is 1.12 bits per heavy atom. The van der Waals surface area contributed by atoms with Gasteiger partial charge < -0.3 is 10.1 Å². The van der Waals surface area contributed by atoms with Crippen LogP contribution in [-0.2, 0) is 25.1 Å². The fourth-order valence-electron chi connectivity index (χ4n) is 4.72. The summed E-state index contributed by atoms with van der Waals surface area (Å²) in [4.78, 5) is 27.7. The molecule has 1 aliphatic carbocycles. The lowest BCUT2D eigenvalue weighted by molar-refractivity contribution is -0.145. The number of unbranched alkanes of at least 4 members (excludes halogenated alkanes) is 1. The molecule has 0 aromatic heterocycles. The zero-order valence-electron chi connectivity index (χ0n) is 18.5. The molecule has 5 nitrogen and oxygen atoms in total. The summed E-state index contributed by atoms with van der Waals surface area (Å²) in [7, 11) is -1.40. The summed E-state index contributed by atoms with van der Waals surface area (Å²) in [5, 5.41) is 2.99. The first-order chi connectivity index (χ1) is 15.5. The zero-order valence-corrected chi connectivity index (χ0v) is 19.3. The number of nitrogens with one attached hydrogen (secondary N) is 1. The predicted octanol–water partition coefficient (Wildman–Crippen LogP) is 4.85. The van der Waals surface area contributed by atoms with Gasteiger partial charge in [0.25, 0.3) is 0 Å². The highest BCUT2D eigenvalue weighted by atomic mass is 32.2.